The molecule has 1 heterocycles. The molecule has 1 aromatic carbocycles. The molecule has 2 N–H and O–H groups in total. The van der Waals surface area contributed by atoms with E-state index in [1.54, 1.807) is 0 Å². The first kappa shape index (κ1) is 15.4. The number of para-hydroxylation sites is 1. The molecule has 1 amide bonds. The Morgan fingerprint density at radius 1 is 1.43 bits per heavy atom. The SMILES string of the molecule is CC(=O)NC(CCC1CCCOc2ccccc21)C(=O)O. The molecular weight excluding hydrogens is 270 g/mol. The Hall–Kier alpha value is -2.04. The number of nitrogens with one attached hydrogen (secondary N) is 1. The average molecular weight is 291 g/mol. The van der Waals surface area contributed by atoms with Crippen molar-refractivity contribution in [3.05, 3.63) is 29.8 Å². The zero-order valence-corrected chi connectivity index (χ0v) is 12.2. The molecule has 0 fully saturated rings. The van der Waals surface area contributed by atoms with Gasteiger partial charge >= 0.3 is 5.97 Å². The van der Waals surface area contributed by atoms with E-state index in [1.807, 2.05) is 24.3 Å². The van der Waals surface area contributed by atoms with Crippen molar-refractivity contribution in [1.82, 2.24) is 5.32 Å². The number of hydrogen-bond acceptors (Lipinski definition) is 3. The third-order valence-electron chi connectivity index (χ3n) is 3.79. The molecule has 0 spiro atoms. The monoisotopic (exact) mass is 291 g/mol. The standard InChI is InChI=1S/C16H21NO4/c1-11(18)17-14(16(19)20)9-8-12-5-4-10-21-15-7-3-2-6-13(12)15/h2-3,6-7,12,14H,4-5,8-10H2,1H3,(H,17,18)(H,19,20). The van der Waals surface area contributed by atoms with E-state index in [9.17, 15) is 9.59 Å². The highest BCUT2D eigenvalue weighted by molar-refractivity contribution is 5.81. The fourth-order valence-electron chi connectivity index (χ4n) is 2.79. The van der Waals surface area contributed by atoms with Crippen molar-refractivity contribution < 1.29 is 19.4 Å². The molecular formula is C16H21NO4. The van der Waals surface area contributed by atoms with E-state index in [2.05, 4.69) is 5.32 Å². The Bertz CT molecular complexity index is 515. The summed E-state index contributed by atoms with van der Waals surface area (Å²) in [5.74, 6) is -0.124. The van der Waals surface area contributed by atoms with Gasteiger partial charge in [0, 0.05) is 6.92 Å². The second kappa shape index (κ2) is 7.11. The smallest absolute Gasteiger partial charge is 0.326 e. The van der Waals surface area contributed by atoms with Gasteiger partial charge in [-0.1, -0.05) is 18.2 Å². The van der Waals surface area contributed by atoms with Crippen molar-refractivity contribution in [3.8, 4) is 5.75 Å². The van der Waals surface area contributed by atoms with Gasteiger partial charge in [0.05, 0.1) is 6.61 Å². The van der Waals surface area contributed by atoms with Gasteiger partial charge in [0.1, 0.15) is 11.8 Å². The van der Waals surface area contributed by atoms with Gasteiger partial charge in [0.15, 0.2) is 0 Å². The van der Waals surface area contributed by atoms with Crippen LogP contribution in [0.15, 0.2) is 24.3 Å². The molecule has 5 heteroatoms. The van der Waals surface area contributed by atoms with E-state index in [-0.39, 0.29) is 11.8 Å². The summed E-state index contributed by atoms with van der Waals surface area (Å²) >= 11 is 0. The van der Waals surface area contributed by atoms with Crippen LogP contribution in [0, 0.1) is 0 Å². The van der Waals surface area contributed by atoms with Gasteiger partial charge in [0.25, 0.3) is 0 Å². The zero-order valence-electron chi connectivity index (χ0n) is 12.2. The lowest BCUT2D eigenvalue weighted by Crippen LogP contribution is -2.39. The van der Waals surface area contributed by atoms with Crippen LogP contribution in [0.4, 0.5) is 0 Å². The summed E-state index contributed by atoms with van der Waals surface area (Å²) in [6.45, 7) is 2.03. The van der Waals surface area contributed by atoms with E-state index in [0.717, 1.165) is 30.6 Å². The summed E-state index contributed by atoms with van der Waals surface area (Å²) in [5.41, 5.74) is 1.14. The van der Waals surface area contributed by atoms with Crippen LogP contribution < -0.4 is 10.1 Å². The third kappa shape index (κ3) is 4.21. The Labute approximate surface area is 124 Å². The summed E-state index contributed by atoms with van der Waals surface area (Å²) in [4.78, 5) is 22.3. The molecule has 0 bridgehead atoms. The molecule has 0 aliphatic carbocycles. The van der Waals surface area contributed by atoms with Crippen molar-refractivity contribution in [2.45, 2.75) is 44.6 Å². The molecule has 2 rings (SSSR count). The quantitative estimate of drug-likeness (QED) is 0.873. The lowest BCUT2D eigenvalue weighted by Gasteiger charge is -2.19. The number of amides is 1. The minimum Gasteiger partial charge on any atom is -0.493 e. The summed E-state index contributed by atoms with van der Waals surface area (Å²) in [5, 5.41) is 11.7. The first-order valence-electron chi connectivity index (χ1n) is 7.29. The van der Waals surface area contributed by atoms with Crippen LogP contribution in [0.2, 0.25) is 0 Å². The predicted octanol–water partition coefficient (Wildman–Crippen LogP) is 2.31. The summed E-state index contributed by atoms with van der Waals surface area (Å²) in [7, 11) is 0. The van der Waals surface area contributed by atoms with Crippen LogP contribution >= 0.6 is 0 Å². The molecule has 1 aromatic rings. The first-order chi connectivity index (χ1) is 10.1. The number of hydrogen-bond donors (Lipinski definition) is 2. The highest BCUT2D eigenvalue weighted by Gasteiger charge is 2.24. The topological polar surface area (TPSA) is 75.6 Å². The highest BCUT2D eigenvalue weighted by Crippen LogP contribution is 2.36. The van der Waals surface area contributed by atoms with Gasteiger partial charge in [-0.25, -0.2) is 4.79 Å². The van der Waals surface area contributed by atoms with E-state index in [1.165, 1.54) is 6.92 Å². The van der Waals surface area contributed by atoms with Crippen molar-refractivity contribution in [1.29, 1.82) is 0 Å². The molecule has 0 saturated heterocycles. The Morgan fingerprint density at radius 3 is 2.90 bits per heavy atom. The number of benzene rings is 1. The molecule has 2 atom stereocenters. The Morgan fingerprint density at radius 2 is 2.19 bits per heavy atom. The molecule has 21 heavy (non-hydrogen) atoms. The number of rotatable bonds is 5. The number of carbonyl (C=O) groups excluding carboxylic acids is 1. The lowest BCUT2D eigenvalue weighted by atomic mass is 9.88. The van der Waals surface area contributed by atoms with Crippen LogP contribution in [-0.2, 0) is 9.59 Å². The Balaban J connectivity index is 2.05. The van der Waals surface area contributed by atoms with Gasteiger partial charge < -0.3 is 15.2 Å². The van der Waals surface area contributed by atoms with Crippen molar-refractivity contribution in [2.24, 2.45) is 0 Å². The van der Waals surface area contributed by atoms with E-state index in [0.29, 0.717) is 13.0 Å². The second-order valence-electron chi connectivity index (χ2n) is 5.39. The number of carboxylic acids is 1. The Kier molecular flexibility index (Phi) is 5.20. The van der Waals surface area contributed by atoms with Crippen LogP contribution in [-0.4, -0.2) is 29.6 Å². The fourth-order valence-corrected chi connectivity index (χ4v) is 2.79. The number of aliphatic carboxylic acids is 1. The molecule has 5 nitrogen and oxygen atoms in total. The normalized spacial score (nSPS) is 18.8. The minimum atomic E-state index is -0.983. The summed E-state index contributed by atoms with van der Waals surface area (Å²) in [6, 6.07) is 7.09. The van der Waals surface area contributed by atoms with E-state index >= 15 is 0 Å². The maximum Gasteiger partial charge on any atom is 0.326 e. The molecule has 114 valence electrons. The molecule has 1 aliphatic rings. The van der Waals surface area contributed by atoms with Crippen LogP contribution in [0.25, 0.3) is 0 Å². The maximum atomic E-state index is 11.2. The number of carboxylic acid groups (broad SMARTS) is 1. The fraction of sp³-hybridized carbons (Fsp3) is 0.500. The lowest BCUT2D eigenvalue weighted by molar-refractivity contribution is -0.141. The van der Waals surface area contributed by atoms with E-state index in [4.69, 9.17) is 9.84 Å². The number of carbonyl (C=O) groups is 2. The third-order valence-corrected chi connectivity index (χ3v) is 3.79. The van der Waals surface area contributed by atoms with Gasteiger partial charge in [-0.05, 0) is 43.2 Å². The zero-order chi connectivity index (χ0) is 15.2. The van der Waals surface area contributed by atoms with Gasteiger partial charge in [-0.3, -0.25) is 4.79 Å². The minimum absolute atomic E-state index is 0.277. The molecule has 2 unspecified atom stereocenters. The van der Waals surface area contributed by atoms with Crippen molar-refractivity contribution in [2.75, 3.05) is 6.61 Å². The molecule has 1 aliphatic heterocycles. The van der Waals surface area contributed by atoms with Crippen molar-refractivity contribution in [3.63, 3.8) is 0 Å². The van der Waals surface area contributed by atoms with Crippen LogP contribution in [0.5, 0.6) is 5.75 Å². The van der Waals surface area contributed by atoms with Crippen LogP contribution in [0.1, 0.15) is 44.1 Å². The van der Waals surface area contributed by atoms with Gasteiger partial charge in [-0.15, -0.1) is 0 Å². The summed E-state index contributed by atoms with van der Waals surface area (Å²) in [6.07, 6.45) is 3.08. The first-order valence-corrected chi connectivity index (χ1v) is 7.29. The second-order valence-corrected chi connectivity index (χ2v) is 5.39. The largest absolute Gasteiger partial charge is 0.493 e. The number of fused-ring (bicyclic) bond motifs is 1. The van der Waals surface area contributed by atoms with Crippen LogP contribution in [0.3, 0.4) is 0 Å². The van der Waals surface area contributed by atoms with Gasteiger partial charge in [0.2, 0.25) is 5.91 Å². The number of ether oxygens (including phenoxy) is 1. The molecule has 0 radical (unpaired) electrons. The average Bonchev–Trinajstić information content (AvgIpc) is 2.65. The van der Waals surface area contributed by atoms with Crippen molar-refractivity contribution >= 4 is 11.9 Å². The maximum absolute atomic E-state index is 11.2. The van der Waals surface area contributed by atoms with E-state index < -0.39 is 12.0 Å². The molecule has 0 aromatic heterocycles. The summed E-state index contributed by atoms with van der Waals surface area (Å²) < 4.78 is 5.71. The van der Waals surface area contributed by atoms with Gasteiger partial charge in [-0.2, -0.15) is 0 Å². The highest BCUT2D eigenvalue weighted by atomic mass is 16.5. The molecule has 0 saturated carbocycles. The predicted molar refractivity (Wildman–Crippen MR) is 78.4 cm³/mol.